The predicted octanol–water partition coefficient (Wildman–Crippen LogP) is 2.00. The molecule has 1 spiro atoms. The second kappa shape index (κ2) is 3.94. The van der Waals surface area contributed by atoms with Gasteiger partial charge in [-0.15, -0.1) is 0 Å². The minimum Gasteiger partial charge on any atom is -0.375 e. The van der Waals surface area contributed by atoms with Gasteiger partial charge in [0.2, 0.25) is 0 Å². The van der Waals surface area contributed by atoms with Gasteiger partial charge in [-0.2, -0.15) is 0 Å². The van der Waals surface area contributed by atoms with E-state index in [0.29, 0.717) is 24.3 Å². The zero-order chi connectivity index (χ0) is 11.3. The van der Waals surface area contributed by atoms with Gasteiger partial charge in [-0.25, -0.2) is 0 Å². The second-order valence-corrected chi connectivity index (χ2v) is 6.46. The van der Waals surface area contributed by atoms with E-state index in [2.05, 4.69) is 5.32 Å². The maximum absolute atomic E-state index is 5.99. The van der Waals surface area contributed by atoms with E-state index in [1.807, 2.05) is 0 Å². The highest BCUT2D eigenvalue weighted by atomic mass is 16.5. The van der Waals surface area contributed by atoms with Crippen LogP contribution < -0.4 is 5.32 Å². The summed E-state index contributed by atoms with van der Waals surface area (Å²) in [5.74, 6) is 0. The molecular weight excluding hydrogens is 214 g/mol. The Labute approximate surface area is 103 Å². The van der Waals surface area contributed by atoms with Crippen molar-refractivity contribution in [3.8, 4) is 0 Å². The van der Waals surface area contributed by atoms with Crippen molar-refractivity contribution in [1.29, 1.82) is 0 Å². The summed E-state index contributed by atoms with van der Waals surface area (Å²) in [4.78, 5) is 0. The zero-order valence-electron chi connectivity index (χ0n) is 10.5. The average molecular weight is 237 g/mol. The summed E-state index contributed by atoms with van der Waals surface area (Å²) in [5, 5.41) is 3.87. The van der Waals surface area contributed by atoms with Crippen LogP contribution in [0.4, 0.5) is 0 Å². The van der Waals surface area contributed by atoms with Crippen LogP contribution in [0.3, 0.4) is 0 Å². The first-order chi connectivity index (χ1) is 8.33. The fourth-order valence-corrected chi connectivity index (χ4v) is 4.21. The Hall–Kier alpha value is -0.120. The van der Waals surface area contributed by atoms with E-state index in [9.17, 15) is 0 Å². The summed E-state index contributed by atoms with van der Waals surface area (Å²) < 4.78 is 11.9. The van der Waals surface area contributed by atoms with Crippen LogP contribution in [0.1, 0.15) is 51.4 Å². The molecular formula is C14H23NO2. The molecule has 3 aliphatic heterocycles. The Kier molecular flexibility index (Phi) is 2.50. The molecule has 2 bridgehead atoms. The first kappa shape index (κ1) is 10.8. The van der Waals surface area contributed by atoms with Gasteiger partial charge in [0.15, 0.2) is 0 Å². The van der Waals surface area contributed by atoms with Crippen LogP contribution in [-0.4, -0.2) is 36.5 Å². The fourth-order valence-electron chi connectivity index (χ4n) is 4.21. The van der Waals surface area contributed by atoms with Crippen molar-refractivity contribution in [2.75, 3.05) is 6.61 Å². The fraction of sp³-hybridized carbons (Fsp3) is 1.00. The summed E-state index contributed by atoms with van der Waals surface area (Å²) in [6.07, 6.45) is 11.3. The van der Waals surface area contributed by atoms with E-state index in [0.717, 1.165) is 6.61 Å². The summed E-state index contributed by atoms with van der Waals surface area (Å²) in [6.45, 7) is 0.958. The number of nitrogens with one attached hydrogen (secondary N) is 1. The molecule has 1 saturated carbocycles. The normalized spacial score (nSPS) is 47.3. The van der Waals surface area contributed by atoms with Gasteiger partial charge in [0.25, 0.3) is 0 Å². The van der Waals surface area contributed by atoms with Gasteiger partial charge >= 0.3 is 0 Å². The van der Waals surface area contributed by atoms with Crippen molar-refractivity contribution in [1.82, 2.24) is 5.32 Å². The van der Waals surface area contributed by atoms with E-state index in [4.69, 9.17) is 9.47 Å². The maximum Gasteiger partial charge on any atom is 0.0733 e. The molecule has 0 aromatic rings. The van der Waals surface area contributed by atoms with E-state index in [1.54, 1.807) is 0 Å². The third-order valence-corrected chi connectivity index (χ3v) is 5.31. The van der Waals surface area contributed by atoms with Gasteiger partial charge in [-0.05, 0) is 51.4 Å². The molecule has 3 heteroatoms. The molecule has 3 nitrogen and oxygen atoms in total. The maximum atomic E-state index is 5.99. The van der Waals surface area contributed by atoms with Gasteiger partial charge in [0, 0.05) is 18.7 Å². The van der Waals surface area contributed by atoms with Crippen LogP contribution in [-0.2, 0) is 9.47 Å². The van der Waals surface area contributed by atoms with Crippen molar-refractivity contribution in [2.45, 2.75) is 81.3 Å². The lowest BCUT2D eigenvalue weighted by atomic mass is 9.73. The van der Waals surface area contributed by atoms with Crippen LogP contribution in [0.25, 0.3) is 0 Å². The Morgan fingerprint density at radius 1 is 1.12 bits per heavy atom. The first-order valence-corrected chi connectivity index (χ1v) is 7.39. The molecule has 96 valence electrons. The molecule has 4 atom stereocenters. The van der Waals surface area contributed by atoms with Crippen molar-refractivity contribution < 1.29 is 9.47 Å². The van der Waals surface area contributed by atoms with Gasteiger partial charge in [-0.1, -0.05) is 0 Å². The van der Waals surface area contributed by atoms with E-state index in [-0.39, 0.29) is 5.60 Å². The van der Waals surface area contributed by atoms with Crippen LogP contribution in [0, 0.1) is 0 Å². The highest BCUT2D eigenvalue weighted by Crippen LogP contribution is 2.43. The molecule has 0 radical (unpaired) electrons. The van der Waals surface area contributed by atoms with Crippen LogP contribution in [0.5, 0.6) is 0 Å². The van der Waals surface area contributed by atoms with Gasteiger partial charge < -0.3 is 14.8 Å². The summed E-state index contributed by atoms with van der Waals surface area (Å²) >= 11 is 0. The van der Waals surface area contributed by atoms with Crippen molar-refractivity contribution in [3.63, 3.8) is 0 Å². The largest absolute Gasteiger partial charge is 0.375 e. The van der Waals surface area contributed by atoms with E-state index >= 15 is 0 Å². The third-order valence-electron chi connectivity index (χ3n) is 5.31. The molecule has 0 aromatic heterocycles. The van der Waals surface area contributed by atoms with Crippen molar-refractivity contribution in [3.05, 3.63) is 0 Å². The molecule has 3 heterocycles. The topological polar surface area (TPSA) is 30.5 Å². The molecule has 4 rings (SSSR count). The predicted molar refractivity (Wildman–Crippen MR) is 65.0 cm³/mol. The standard InChI is InChI=1S/C14H23NO2/c1-5-14(6-1)9-10(4-7-16-14)15-12-8-11-2-3-13(12)17-11/h10-13,15H,1-9H2. The second-order valence-electron chi connectivity index (χ2n) is 6.46. The van der Waals surface area contributed by atoms with Crippen LogP contribution in [0.15, 0.2) is 0 Å². The lowest BCUT2D eigenvalue weighted by Gasteiger charge is -2.48. The summed E-state index contributed by atoms with van der Waals surface area (Å²) in [5.41, 5.74) is 0.272. The molecule has 17 heavy (non-hydrogen) atoms. The zero-order valence-corrected chi connectivity index (χ0v) is 10.5. The lowest BCUT2D eigenvalue weighted by molar-refractivity contribution is -0.136. The van der Waals surface area contributed by atoms with Crippen molar-refractivity contribution in [2.24, 2.45) is 0 Å². The highest BCUT2D eigenvalue weighted by molar-refractivity contribution is 5.00. The quantitative estimate of drug-likeness (QED) is 0.797. The lowest BCUT2D eigenvalue weighted by Crippen LogP contribution is -2.54. The Morgan fingerprint density at radius 2 is 2.06 bits per heavy atom. The number of ether oxygens (including phenoxy) is 2. The molecule has 0 aromatic carbocycles. The van der Waals surface area contributed by atoms with Gasteiger partial charge in [-0.3, -0.25) is 0 Å². The Bertz CT molecular complexity index is 303. The number of hydrogen-bond acceptors (Lipinski definition) is 3. The highest BCUT2D eigenvalue weighted by Gasteiger charge is 2.45. The molecule has 4 unspecified atom stereocenters. The Morgan fingerprint density at radius 3 is 2.71 bits per heavy atom. The SMILES string of the molecule is C1CC2(C1)CC(NC1CC3CCC1O3)CCO2. The van der Waals surface area contributed by atoms with Crippen LogP contribution in [0.2, 0.25) is 0 Å². The minimum absolute atomic E-state index is 0.272. The van der Waals surface area contributed by atoms with E-state index in [1.165, 1.54) is 51.4 Å². The molecule has 0 amide bonds. The van der Waals surface area contributed by atoms with Crippen LogP contribution >= 0.6 is 0 Å². The molecule has 1 aliphatic carbocycles. The average Bonchev–Trinajstić information content (AvgIpc) is 2.89. The number of fused-ring (bicyclic) bond motifs is 2. The molecule has 3 saturated heterocycles. The van der Waals surface area contributed by atoms with Crippen molar-refractivity contribution >= 4 is 0 Å². The van der Waals surface area contributed by atoms with Gasteiger partial charge in [0.05, 0.1) is 17.8 Å². The smallest absolute Gasteiger partial charge is 0.0733 e. The summed E-state index contributed by atoms with van der Waals surface area (Å²) in [7, 11) is 0. The monoisotopic (exact) mass is 237 g/mol. The van der Waals surface area contributed by atoms with Gasteiger partial charge in [0.1, 0.15) is 0 Å². The minimum atomic E-state index is 0.272. The summed E-state index contributed by atoms with van der Waals surface area (Å²) in [6, 6.07) is 1.31. The number of hydrogen-bond donors (Lipinski definition) is 1. The first-order valence-electron chi connectivity index (χ1n) is 7.39. The molecule has 1 N–H and O–H groups in total. The van der Waals surface area contributed by atoms with E-state index < -0.39 is 0 Å². The molecule has 4 fully saturated rings. The molecule has 4 aliphatic rings. The number of rotatable bonds is 2. The third kappa shape index (κ3) is 1.83. The Balaban J connectivity index is 1.36.